The zero-order valence-electron chi connectivity index (χ0n) is 5.61. The molecular weight excluding hydrogens is 142 g/mol. The molecule has 1 aromatic carbocycles. The zero-order chi connectivity index (χ0) is 7.84. The average molecular weight is 147 g/mol. The Morgan fingerprint density at radius 3 is 2.91 bits per heavy atom. The molecule has 0 saturated carbocycles. The third kappa shape index (κ3) is 0.816. The Morgan fingerprint density at radius 2 is 2.18 bits per heavy atom. The minimum absolute atomic E-state index is 0.0598. The number of carbonyl (C=O) groups is 1. The Kier molecular flexibility index (Phi) is 1.06. The van der Waals surface area contributed by atoms with Crippen LogP contribution in [0.4, 0.5) is 0 Å². The van der Waals surface area contributed by atoms with E-state index >= 15 is 0 Å². The quantitative estimate of drug-likeness (QED) is 0.529. The standard InChI is InChI=1S/C8H5NO2/c10-6-3-1-2-5-4-7(11)9-8(5)6/h1-4,10H. The van der Waals surface area contributed by atoms with Crippen LogP contribution in [0.25, 0.3) is 6.08 Å². The van der Waals surface area contributed by atoms with Crippen LogP contribution in [0.5, 0.6) is 5.75 Å². The molecule has 0 saturated heterocycles. The first-order valence-corrected chi connectivity index (χ1v) is 3.20. The highest BCUT2D eigenvalue weighted by Crippen LogP contribution is 1.96. The van der Waals surface area contributed by atoms with Gasteiger partial charge in [0.25, 0.3) is 5.91 Å². The Morgan fingerprint density at radius 1 is 1.36 bits per heavy atom. The Bertz CT molecular complexity index is 434. The van der Waals surface area contributed by atoms with E-state index in [-0.39, 0.29) is 11.7 Å². The van der Waals surface area contributed by atoms with Crippen molar-refractivity contribution in [1.82, 2.24) is 0 Å². The number of phenols is 1. The minimum atomic E-state index is -0.304. The van der Waals surface area contributed by atoms with Crippen LogP contribution in [0.3, 0.4) is 0 Å². The Hall–Kier alpha value is -1.64. The number of amides is 1. The van der Waals surface area contributed by atoms with Gasteiger partial charge in [0.2, 0.25) is 0 Å². The molecule has 1 aliphatic heterocycles. The third-order valence-electron chi connectivity index (χ3n) is 1.55. The van der Waals surface area contributed by atoms with Crippen LogP contribution in [-0.2, 0) is 4.79 Å². The summed E-state index contributed by atoms with van der Waals surface area (Å²) in [5.41, 5.74) is 0. The maximum atomic E-state index is 10.7. The zero-order valence-corrected chi connectivity index (χ0v) is 5.61. The van der Waals surface area contributed by atoms with Crippen molar-refractivity contribution in [3.05, 3.63) is 28.8 Å². The number of para-hydroxylation sites is 1. The number of fused-ring (bicyclic) bond motifs is 1. The number of hydrogen-bond acceptors (Lipinski definition) is 2. The average Bonchev–Trinajstić information content (AvgIpc) is 2.31. The highest BCUT2D eigenvalue weighted by Gasteiger charge is 2.04. The molecule has 3 heteroatoms. The molecular formula is C8H5NO2. The fourth-order valence-corrected chi connectivity index (χ4v) is 1.06. The van der Waals surface area contributed by atoms with Gasteiger partial charge in [0.1, 0.15) is 11.1 Å². The molecule has 0 atom stereocenters. The van der Waals surface area contributed by atoms with Crippen molar-refractivity contribution >= 4 is 12.0 Å². The van der Waals surface area contributed by atoms with E-state index in [9.17, 15) is 9.90 Å². The summed E-state index contributed by atoms with van der Waals surface area (Å²) in [6.45, 7) is 0. The molecule has 0 radical (unpaired) electrons. The lowest BCUT2D eigenvalue weighted by Crippen LogP contribution is -2.20. The lowest BCUT2D eigenvalue weighted by molar-refractivity contribution is -0.112. The van der Waals surface area contributed by atoms with E-state index in [1.807, 2.05) is 0 Å². The molecule has 1 aliphatic rings. The maximum Gasteiger partial charge on any atom is 0.271 e. The predicted octanol–water partition coefficient (Wildman–Crippen LogP) is -0.668. The summed E-state index contributed by atoms with van der Waals surface area (Å²) in [5.74, 6) is -0.244. The van der Waals surface area contributed by atoms with Gasteiger partial charge in [-0.3, -0.25) is 4.79 Å². The van der Waals surface area contributed by atoms with E-state index < -0.39 is 0 Å². The lowest BCUT2D eigenvalue weighted by Gasteiger charge is -1.86. The monoisotopic (exact) mass is 147 g/mol. The normalized spacial score (nSPS) is 13.6. The smallest absolute Gasteiger partial charge is 0.271 e. The molecule has 1 aromatic rings. The molecule has 0 aliphatic carbocycles. The maximum absolute atomic E-state index is 10.7. The third-order valence-corrected chi connectivity index (χ3v) is 1.55. The second-order valence-electron chi connectivity index (χ2n) is 2.31. The molecule has 0 unspecified atom stereocenters. The summed E-state index contributed by atoms with van der Waals surface area (Å²) in [4.78, 5) is 14.3. The largest absolute Gasteiger partial charge is 0.506 e. The fraction of sp³-hybridized carbons (Fsp3) is 0. The number of carbonyl (C=O) groups excluding carboxylic acids is 1. The first kappa shape index (κ1) is 6.09. The van der Waals surface area contributed by atoms with E-state index in [1.165, 1.54) is 12.1 Å². The van der Waals surface area contributed by atoms with E-state index in [2.05, 4.69) is 4.99 Å². The second kappa shape index (κ2) is 1.92. The van der Waals surface area contributed by atoms with E-state index in [0.717, 1.165) is 0 Å². The highest BCUT2D eigenvalue weighted by atomic mass is 16.3. The van der Waals surface area contributed by atoms with Crippen LogP contribution in [0, 0.1) is 0 Å². The summed E-state index contributed by atoms with van der Waals surface area (Å²) in [7, 11) is 0. The predicted molar refractivity (Wildman–Crippen MR) is 38.4 cm³/mol. The van der Waals surface area contributed by atoms with Crippen molar-refractivity contribution in [2.75, 3.05) is 0 Å². The number of hydrogen-bond donors (Lipinski definition) is 1. The van der Waals surface area contributed by atoms with Crippen LogP contribution in [0.1, 0.15) is 0 Å². The van der Waals surface area contributed by atoms with Crippen molar-refractivity contribution in [1.29, 1.82) is 0 Å². The topological polar surface area (TPSA) is 49.7 Å². The Balaban J connectivity index is 2.97. The molecule has 0 spiro atoms. The van der Waals surface area contributed by atoms with Gasteiger partial charge < -0.3 is 5.11 Å². The van der Waals surface area contributed by atoms with E-state index in [4.69, 9.17) is 0 Å². The van der Waals surface area contributed by atoms with Gasteiger partial charge in [-0.1, -0.05) is 12.1 Å². The summed E-state index contributed by atoms with van der Waals surface area (Å²) in [5, 5.41) is 10.3. The molecule has 1 N–H and O–H groups in total. The summed E-state index contributed by atoms with van der Waals surface area (Å²) in [6, 6.07) is 4.93. The van der Waals surface area contributed by atoms with E-state index in [0.29, 0.717) is 10.6 Å². The van der Waals surface area contributed by atoms with Gasteiger partial charge in [0, 0.05) is 11.3 Å². The van der Waals surface area contributed by atoms with Gasteiger partial charge in [0.05, 0.1) is 0 Å². The highest BCUT2D eigenvalue weighted by molar-refractivity contribution is 6.06. The minimum Gasteiger partial charge on any atom is -0.506 e. The van der Waals surface area contributed by atoms with Crippen molar-refractivity contribution in [3.8, 4) is 5.75 Å². The van der Waals surface area contributed by atoms with Crippen LogP contribution >= 0.6 is 0 Å². The molecule has 11 heavy (non-hydrogen) atoms. The Labute approximate surface area is 62.3 Å². The number of phenolic OH excluding ortho intramolecular Hbond substituents is 1. The van der Waals surface area contributed by atoms with Gasteiger partial charge in [-0.25, -0.2) is 4.99 Å². The first-order valence-electron chi connectivity index (χ1n) is 3.20. The SMILES string of the molecule is O=C1C=c2cccc(O)c2=N1. The second-order valence-corrected chi connectivity index (χ2v) is 2.31. The van der Waals surface area contributed by atoms with Crippen LogP contribution < -0.4 is 10.6 Å². The summed E-state index contributed by atoms with van der Waals surface area (Å²) >= 11 is 0. The molecule has 0 aromatic heterocycles. The van der Waals surface area contributed by atoms with Crippen LogP contribution in [-0.4, -0.2) is 11.0 Å². The molecule has 1 heterocycles. The van der Waals surface area contributed by atoms with Gasteiger partial charge in [0.15, 0.2) is 0 Å². The number of nitrogens with zero attached hydrogens (tertiary/aromatic N) is 1. The molecule has 2 rings (SSSR count). The van der Waals surface area contributed by atoms with E-state index in [1.54, 1.807) is 12.1 Å². The van der Waals surface area contributed by atoms with Crippen molar-refractivity contribution in [2.24, 2.45) is 4.99 Å². The van der Waals surface area contributed by atoms with Gasteiger partial charge in [-0.05, 0) is 6.07 Å². The van der Waals surface area contributed by atoms with Crippen molar-refractivity contribution < 1.29 is 9.90 Å². The molecule has 1 amide bonds. The van der Waals surface area contributed by atoms with Gasteiger partial charge >= 0.3 is 0 Å². The van der Waals surface area contributed by atoms with Crippen molar-refractivity contribution in [2.45, 2.75) is 0 Å². The van der Waals surface area contributed by atoms with Crippen LogP contribution in [0.15, 0.2) is 23.2 Å². The summed E-state index contributed by atoms with van der Waals surface area (Å²) < 4.78 is 0. The first-order chi connectivity index (χ1) is 5.27. The number of rotatable bonds is 0. The van der Waals surface area contributed by atoms with Gasteiger partial charge in [-0.15, -0.1) is 0 Å². The van der Waals surface area contributed by atoms with Crippen LogP contribution in [0.2, 0.25) is 0 Å². The number of benzene rings is 1. The molecule has 54 valence electrons. The molecule has 0 fully saturated rings. The molecule has 0 bridgehead atoms. The van der Waals surface area contributed by atoms with Gasteiger partial charge in [-0.2, -0.15) is 0 Å². The number of aromatic hydroxyl groups is 1. The summed E-state index contributed by atoms with van der Waals surface area (Å²) in [6.07, 6.45) is 1.40. The lowest BCUT2D eigenvalue weighted by atomic mass is 10.3. The molecule has 3 nitrogen and oxygen atoms in total. The van der Waals surface area contributed by atoms with Crippen molar-refractivity contribution in [3.63, 3.8) is 0 Å². The fourth-order valence-electron chi connectivity index (χ4n) is 1.06.